The highest BCUT2D eigenvalue weighted by Crippen LogP contribution is 2.27. The third-order valence-corrected chi connectivity index (χ3v) is 3.98. The number of para-hydroxylation sites is 1. The van der Waals surface area contributed by atoms with Gasteiger partial charge in [-0.15, -0.1) is 0 Å². The van der Waals surface area contributed by atoms with Crippen molar-refractivity contribution in [1.82, 2.24) is 24.9 Å². The van der Waals surface area contributed by atoms with Gasteiger partial charge >= 0.3 is 0 Å². The number of thioether (sulfide) groups is 1. The van der Waals surface area contributed by atoms with Crippen LogP contribution in [0.3, 0.4) is 0 Å². The molecule has 3 rings (SSSR count). The monoisotopic (exact) mass is 340 g/mol. The van der Waals surface area contributed by atoms with Crippen LogP contribution in [-0.4, -0.2) is 30.0 Å². The maximum absolute atomic E-state index is 9.95. The second kappa shape index (κ2) is 6.79. The van der Waals surface area contributed by atoms with Gasteiger partial charge in [0.15, 0.2) is 11.0 Å². The van der Waals surface area contributed by atoms with E-state index in [4.69, 9.17) is 5.73 Å². The Morgan fingerprint density at radius 3 is 2.42 bits per heavy atom. The van der Waals surface area contributed by atoms with Crippen LogP contribution in [-0.2, 0) is 5.75 Å². The summed E-state index contributed by atoms with van der Waals surface area (Å²) in [6.45, 7) is 3.85. The Morgan fingerprint density at radius 1 is 1.00 bits per heavy atom. The number of rotatable bonds is 4. The number of aromatic nitrogens is 5. The van der Waals surface area contributed by atoms with Gasteiger partial charge in [0, 0.05) is 11.4 Å². The van der Waals surface area contributed by atoms with Gasteiger partial charge in [-0.25, -0.2) is 15.0 Å². The molecule has 7 nitrogen and oxygen atoms in total. The first-order valence-corrected chi connectivity index (χ1v) is 8.24. The first-order chi connectivity index (χ1) is 11.5. The summed E-state index contributed by atoms with van der Waals surface area (Å²) in [4.78, 5) is 21.4. The van der Waals surface area contributed by atoms with E-state index in [1.165, 1.54) is 11.8 Å². The highest BCUT2D eigenvalue weighted by atomic mass is 32.2. The lowest BCUT2D eigenvalue weighted by Gasteiger charge is -2.06. The van der Waals surface area contributed by atoms with Crippen molar-refractivity contribution in [2.45, 2.75) is 24.8 Å². The average molecular weight is 340 g/mol. The van der Waals surface area contributed by atoms with E-state index in [0.717, 1.165) is 11.4 Å². The van der Waals surface area contributed by atoms with Crippen molar-refractivity contribution in [3.8, 4) is 17.1 Å². The van der Waals surface area contributed by atoms with E-state index in [1.807, 2.05) is 19.9 Å². The fourth-order valence-corrected chi connectivity index (χ4v) is 2.98. The summed E-state index contributed by atoms with van der Waals surface area (Å²) in [5.74, 6) is 1.52. The number of nitrogens with two attached hydrogens (primary N) is 1. The van der Waals surface area contributed by atoms with Gasteiger partial charge in [-0.1, -0.05) is 23.9 Å². The maximum atomic E-state index is 9.95. The molecular formula is C16H16N6OS. The third-order valence-electron chi connectivity index (χ3n) is 3.14. The molecular weight excluding hydrogens is 324 g/mol. The number of phenolic OH excluding ortho intramolecular Hbond substituents is 1. The summed E-state index contributed by atoms with van der Waals surface area (Å²) in [6.07, 6.45) is 0. The quantitative estimate of drug-likeness (QED) is 0.550. The molecule has 3 N–H and O–H groups in total. The molecule has 2 aromatic heterocycles. The number of aryl methyl sites for hydroxylation is 2. The average Bonchev–Trinajstić information content (AvgIpc) is 2.52. The molecule has 0 atom stereocenters. The van der Waals surface area contributed by atoms with E-state index in [-0.39, 0.29) is 11.7 Å². The van der Waals surface area contributed by atoms with Crippen molar-refractivity contribution in [3.05, 3.63) is 47.5 Å². The minimum Gasteiger partial charge on any atom is -0.507 e. The molecule has 122 valence electrons. The lowest BCUT2D eigenvalue weighted by atomic mass is 10.2. The molecule has 0 amide bonds. The predicted molar refractivity (Wildman–Crippen MR) is 92.4 cm³/mol. The summed E-state index contributed by atoms with van der Waals surface area (Å²) in [6, 6.07) is 8.76. The van der Waals surface area contributed by atoms with Gasteiger partial charge < -0.3 is 10.8 Å². The maximum Gasteiger partial charge on any atom is 0.223 e. The fraction of sp³-hybridized carbons (Fsp3) is 0.188. The number of aromatic hydroxyl groups is 1. The van der Waals surface area contributed by atoms with Crippen molar-refractivity contribution < 1.29 is 5.11 Å². The zero-order valence-corrected chi connectivity index (χ0v) is 14.1. The summed E-state index contributed by atoms with van der Waals surface area (Å²) in [5.41, 5.74) is 8.12. The molecule has 0 bridgehead atoms. The molecule has 0 aliphatic carbocycles. The summed E-state index contributed by atoms with van der Waals surface area (Å²) in [7, 11) is 0. The SMILES string of the molecule is Cc1cc(C)nc(SCc2nc(N)nc(-c3ccccc3O)n2)n1. The van der Waals surface area contributed by atoms with Gasteiger partial charge in [-0.3, -0.25) is 0 Å². The molecule has 0 saturated heterocycles. The Balaban J connectivity index is 1.85. The Labute approximate surface area is 143 Å². The van der Waals surface area contributed by atoms with Crippen LogP contribution >= 0.6 is 11.8 Å². The van der Waals surface area contributed by atoms with Crippen LogP contribution in [0, 0.1) is 13.8 Å². The molecule has 24 heavy (non-hydrogen) atoms. The van der Waals surface area contributed by atoms with Gasteiger partial charge in [-0.2, -0.15) is 9.97 Å². The topological polar surface area (TPSA) is 111 Å². The van der Waals surface area contributed by atoms with Crippen LogP contribution in [0.25, 0.3) is 11.4 Å². The summed E-state index contributed by atoms with van der Waals surface area (Å²) < 4.78 is 0. The lowest BCUT2D eigenvalue weighted by Crippen LogP contribution is -2.04. The summed E-state index contributed by atoms with van der Waals surface area (Å²) in [5, 5.41) is 10.6. The van der Waals surface area contributed by atoms with E-state index in [0.29, 0.717) is 28.1 Å². The molecule has 1 aromatic carbocycles. The van der Waals surface area contributed by atoms with Crippen LogP contribution in [0.15, 0.2) is 35.5 Å². The molecule has 0 unspecified atom stereocenters. The zero-order chi connectivity index (χ0) is 17.1. The van der Waals surface area contributed by atoms with E-state index in [1.54, 1.807) is 24.3 Å². The molecule has 0 radical (unpaired) electrons. The predicted octanol–water partition coefficient (Wildman–Crippen LogP) is 2.53. The molecule has 3 aromatic rings. The van der Waals surface area contributed by atoms with Crippen LogP contribution in [0.4, 0.5) is 5.95 Å². The zero-order valence-electron chi connectivity index (χ0n) is 13.3. The standard InChI is InChI=1S/C16H16N6OS/c1-9-7-10(2)19-16(18-9)24-8-13-20-14(22-15(17)21-13)11-5-3-4-6-12(11)23/h3-7,23H,8H2,1-2H3,(H2,17,20,21,22). The van der Waals surface area contributed by atoms with E-state index in [9.17, 15) is 5.11 Å². The minimum atomic E-state index is 0.0966. The minimum absolute atomic E-state index is 0.0966. The van der Waals surface area contributed by atoms with E-state index < -0.39 is 0 Å². The van der Waals surface area contributed by atoms with Gasteiger partial charge in [0.1, 0.15) is 11.6 Å². The Bertz CT molecular complexity index is 866. The number of nitrogen functional groups attached to an aromatic ring is 1. The number of nitrogens with zero attached hydrogens (tertiary/aromatic N) is 5. The van der Waals surface area contributed by atoms with Crippen molar-refractivity contribution in [2.75, 3.05) is 5.73 Å². The Hall–Kier alpha value is -2.74. The molecule has 8 heteroatoms. The van der Waals surface area contributed by atoms with Crippen LogP contribution in [0.5, 0.6) is 5.75 Å². The number of benzene rings is 1. The fourth-order valence-electron chi connectivity index (χ4n) is 2.17. The van der Waals surface area contributed by atoms with Crippen LogP contribution in [0.1, 0.15) is 17.2 Å². The number of phenols is 1. The van der Waals surface area contributed by atoms with E-state index >= 15 is 0 Å². The first kappa shape index (κ1) is 16.1. The second-order valence-electron chi connectivity index (χ2n) is 5.17. The first-order valence-electron chi connectivity index (χ1n) is 7.25. The molecule has 2 heterocycles. The number of hydrogen-bond donors (Lipinski definition) is 2. The van der Waals surface area contributed by atoms with Crippen molar-refractivity contribution in [3.63, 3.8) is 0 Å². The van der Waals surface area contributed by atoms with Gasteiger partial charge in [0.25, 0.3) is 0 Å². The highest BCUT2D eigenvalue weighted by molar-refractivity contribution is 7.98. The van der Waals surface area contributed by atoms with Gasteiger partial charge in [0.05, 0.1) is 11.3 Å². The molecule has 0 aliphatic rings. The highest BCUT2D eigenvalue weighted by Gasteiger charge is 2.11. The van der Waals surface area contributed by atoms with Crippen LogP contribution < -0.4 is 5.73 Å². The third kappa shape index (κ3) is 3.77. The van der Waals surface area contributed by atoms with E-state index in [2.05, 4.69) is 24.9 Å². The molecule has 0 spiro atoms. The number of hydrogen-bond acceptors (Lipinski definition) is 8. The normalized spacial score (nSPS) is 10.8. The van der Waals surface area contributed by atoms with Crippen molar-refractivity contribution >= 4 is 17.7 Å². The Morgan fingerprint density at radius 2 is 1.71 bits per heavy atom. The summed E-state index contributed by atoms with van der Waals surface area (Å²) >= 11 is 1.43. The largest absolute Gasteiger partial charge is 0.507 e. The van der Waals surface area contributed by atoms with Gasteiger partial charge in [-0.05, 0) is 32.0 Å². The number of anilines is 1. The molecule has 0 aliphatic heterocycles. The lowest BCUT2D eigenvalue weighted by molar-refractivity contribution is 0.477. The smallest absolute Gasteiger partial charge is 0.223 e. The molecule has 0 fully saturated rings. The van der Waals surface area contributed by atoms with Crippen molar-refractivity contribution in [2.24, 2.45) is 0 Å². The molecule has 0 saturated carbocycles. The van der Waals surface area contributed by atoms with Crippen molar-refractivity contribution in [1.29, 1.82) is 0 Å². The Kier molecular flexibility index (Phi) is 4.57. The van der Waals surface area contributed by atoms with Crippen LogP contribution in [0.2, 0.25) is 0 Å². The second-order valence-corrected chi connectivity index (χ2v) is 6.12. The van der Waals surface area contributed by atoms with Gasteiger partial charge in [0.2, 0.25) is 5.95 Å².